The number of carbonyl (C=O) groups is 2. The molecule has 0 saturated carbocycles. The van der Waals surface area contributed by atoms with Crippen LogP contribution in [0.25, 0.3) is 0 Å². The van der Waals surface area contributed by atoms with Crippen LogP contribution < -0.4 is 19.1 Å². The summed E-state index contributed by atoms with van der Waals surface area (Å²) in [5.41, 5.74) is 2.04. The Balaban J connectivity index is 2.46. The van der Waals surface area contributed by atoms with Gasteiger partial charge >= 0.3 is 0 Å². The normalized spacial score (nSPS) is 11.9. The van der Waals surface area contributed by atoms with E-state index in [2.05, 4.69) is 5.32 Å². The van der Waals surface area contributed by atoms with E-state index in [1.165, 1.54) is 32.2 Å². The summed E-state index contributed by atoms with van der Waals surface area (Å²) in [7, 11) is 0.461. The summed E-state index contributed by atoms with van der Waals surface area (Å²) >= 11 is 0. The zero-order chi connectivity index (χ0) is 24.8. The second-order valence-electron chi connectivity index (χ2n) is 7.60. The van der Waals surface area contributed by atoms with E-state index in [-0.39, 0.29) is 23.9 Å². The molecule has 0 bridgehead atoms. The molecule has 0 spiro atoms. The van der Waals surface area contributed by atoms with Crippen LogP contribution in [0.15, 0.2) is 42.5 Å². The number of amides is 2. The lowest BCUT2D eigenvalue weighted by molar-refractivity contribution is -0.139. The average molecular weight is 478 g/mol. The summed E-state index contributed by atoms with van der Waals surface area (Å²) in [6, 6.07) is 11.4. The van der Waals surface area contributed by atoms with Crippen molar-refractivity contribution in [3.05, 3.63) is 53.6 Å². The molecule has 180 valence electrons. The van der Waals surface area contributed by atoms with Gasteiger partial charge in [0.2, 0.25) is 21.8 Å². The highest BCUT2D eigenvalue weighted by molar-refractivity contribution is 7.92. The average Bonchev–Trinajstić information content (AvgIpc) is 2.79. The Morgan fingerprint density at radius 2 is 1.70 bits per heavy atom. The molecule has 1 N–H and O–H groups in total. The van der Waals surface area contributed by atoms with Gasteiger partial charge < -0.3 is 19.7 Å². The number of likely N-dealkylation sites (N-methyl/N-ethyl adjacent to an activating group) is 1. The second-order valence-corrected chi connectivity index (χ2v) is 9.51. The van der Waals surface area contributed by atoms with Gasteiger partial charge in [-0.15, -0.1) is 0 Å². The molecule has 9 nitrogen and oxygen atoms in total. The predicted octanol–water partition coefficient (Wildman–Crippen LogP) is 1.94. The predicted molar refractivity (Wildman–Crippen MR) is 127 cm³/mol. The number of rotatable bonds is 10. The van der Waals surface area contributed by atoms with Crippen LogP contribution in [0, 0.1) is 6.92 Å². The minimum Gasteiger partial charge on any atom is -0.497 e. The van der Waals surface area contributed by atoms with Crippen LogP contribution in [-0.4, -0.2) is 65.2 Å². The number of ether oxygens (including phenoxy) is 2. The van der Waals surface area contributed by atoms with Crippen LogP contribution in [0.1, 0.15) is 18.1 Å². The Kier molecular flexibility index (Phi) is 8.69. The number of carbonyl (C=O) groups excluding carboxylic acids is 2. The van der Waals surface area contributed by atoms with Gasteiger partial charge in [-0.1, -0.05) is 29.8 Å². The summed E-state index contributed by atoms with van der Waals surface area (Å²) in [4.78, 5) is 27.1. The van der Waals surface area contributed by atoms with E-state index >= 15 is 0 Å². The Morgan fingerprint density at radius 3 is 2.21 bits per heavy atom. The van der Waals surface area contributed by atoms with Gasteiger partial charge in [-0.2, -0.15) is 0 Å². The summed E-state index contributed by atoms with van der Waals surface area (Å²) in [5.74, 6) is -0.233. The fraction of sp³-hybridized carbons (Fsp3) is 0.391. The number of aryl methyl sites for hydroxylation is 1. The summed E-state index contributed by atoms with van der Waals surface area (Å²) < 4.78 is 36.9. The maximum atomic E-state index is 13.4. The van der Waals surface area contributed by atoms with Gasteiger partial charge in [0.1, 0.15) is 24.1 Å². The zero-order valence-electron chi connectivity index (χ0n) is 19.8. The van der Waals surface area contributed by atoms with Crippen LogP contribution in [0.4, 0.5) is 5.69 Å². The molecule has 0 fully saturated rings. The maximum absolute atomic E-state index is 13.4. The SMILES string of the molecule is CNC(=O)[C@H](C)N(Cc1ccc(C)cc1)C(=O)CN(c1cc(OC)ccc1OC)S(C)(=O)=O. The standard InChI is InChI=1S/C23H31N3O6S/c1-16-7-9-18(10-8-16)14-25(17(2)23(28)24-3)22(27)15-26(33(6,29)30)20-13-19(31-4)11-12-21(20)32-5/h7-13,17H,14-15H2,1-6H3,(H,24,28)/t17-/m0/s1. The highest BCUT2D eigenvalue weighted by Crippen LogP contribution is 2.33. The molecule has 0 saturated heterocycles. The molecule has 33 heavy (non-hydrogen) atoms. The van der Waals surface area contributed by atoms with Crippen LogP contribution in [-0.2, 0) is 26.2 Å². The van der Waals surface area contributed by atoms with Gasteiger partial charge in [0, 0.05) is 19.7 Å². The van der Waals surface area contributed by atoms with E-state index in [1.807, 2.05) is 31.2 Å². The third kappa shape index (κ3) is 6.61. The van der Waals surface area contributed by atoms with Crippen LogP contribution in [0.2, 0.25) is 0 Å². The summed E-state index contributed by atoms with van der Waals surface area (Å²) in [5, 5.41) is 2.54. The van der Waals surface area contributed by atoms with Crippen molar-refractivity contribution in [3.8, 4) is 11.5 Å². The fourth-order valence-electron chi connectivity index (χ4n) is 3.27. The number of benzene rings is 2. The molecule has 1 atom stereocenters. The highest BCUT2D eigenvalue weighted by Gasteiger charge is 2.31. The van der Waals surface area contributed by atoms with Gasteiger partial charge in [-0.3, -0.25) is 13.9 Å². The lowest BCUT2D eigenvalue weighted by Crippen LogP contribution is -2.50. The topological polar surface area (TPSA) is 105 Å². The molecule has 0 aliphatic carbocycles. The first kappa shape index (κ1) is 26.0. The highest BCUT2D eigenvalue weighted by atomic mass is 32.2. The van der Waals surface area contributed by atoms with Crippen molar-refractivity contribution in [1.29, 1.82) is 0 Å². The molecule has 0 aliphatic heterocycles. The molecule has 0 unspecified atom stereocenters. The molecule has 2 aromatic rings. The second kappa shape index (κ2) is 11.0. The maximum Gasteiger partial charge on any atom is 0.244 e. The number of nitrogens with one attached hydrogen (secondary N) is 1. The van der Waals surface area contributed by atoms with Gasteiger partial charge in [-0.05, 0) is 31.5 Å². The molecule has 2 amide bonds. The van der Waals surface area contributed by atoms with Crippen molar-refractivity contribution < 1.29 is 27.5 Å². The third-order valence-corrected chi connectivity index (χ3v) is 6.35. The summed E-state index contributed by atoms with van der Waals surface area (Å²) in [6.45, 7) is 3.17. The van der Waals surface area contributed by atoms with E-state index in [9.17, 15) is 18.0 Å². The zero-order valence-corrected chi connectivity index (χ0v) is 20.6. The smallest absolute Gasteiger partial charge is 0.244 e. The van der Waals surface area contributed by atoms with E-state index in [0.717, 1.165) is 21.7 Å². The molecule has 0 heterocycles. The van der Waals surface area contributed by atoms with E-state index in [1.54, 1.807) is 19.1 Å². The number of nitrogens with zero attached hydrogens (tertiary/aromatic N) is 2. The van der Waals surface area contributed by atoms with E-state index in [4.69, 9.17) is 9.47 Å². The lowest BCUT2D eigenvalue weighted by Gasteiger charge is -2.31. The number of hydrogen-bond acceptors (Lipinski definition) is 6. The molecule has 2 aromatic carbocycles. The van der Waals surface area contributed by atoms with E-state index in [0.29, 0.717) is 5.75 Å². The van der Waals surface area contributed by atoms with Crippen LogP contribution in [0.5, 0.6) is 11.5 Å². The Bertz CT molecular complexity index is 1090. The largest absolute Gasteiger partial charge is 0.497 e. The first-order valence-electron chi connectivity index (χ1n) is 10.3. The minimum absolute atomic E-state index is 0.139. The Hall–Kier alpha value is -3.27. The van der Waals surface area contributed by atoms with Crippen molar-refractivity contribution in [2.45, 2.75) is 26.4 Å². The van der Waals surface area contributed by atoms with Crippen LogP contribution in [0.3, 0.4) is 0 Å². The number of sulfonamides is 1. The number of methoxy groups -OCH3 is 2. The first-order chi connectivity index (χ1) is 15.5. The fourth-order valence-corrected chi connectivity index (χ4v) is 4.11. The molecule has 10 heteroatoms. The first-order valence-corrected chi connectivity index (χ1v) is 12.1. The van der Waals surface area contributed by atoms with Gasteiger partial charge in [0.25, 0.3) is 0 Å². The Morgan fingerprint density at radius 1 is 1.06 bits per heavy atom. The Labute approximate surface area is 195 Å². The van der Waals surface area contributed by atoms with Gasteiger partial charge in [0.15, 0.2) is 0 Å². The molecular weight excluding hydrogens is 446 g/mol. The molecule has 0 aromatic heterocycles. The molecule has 0 aliphatic rings. The van der Waals surface area contributed by atoms with Crippen molar-refractivity contribution in [2.75, 3.05) is 38.4 Å². The lowest BCUT2D eigenvalue weighted by atomic mass is 10.1. The van der Waals surface area contributed by atoms with Crippen molar-refractivity contribution in [2.24, 2.45) is 0 Å². The van der Waals surface area contributed by atoms with Gasteiger partial charge in [-0.25, -0.2) is 8.42 Å². The molecular formula is C23H31N3O6S. The number of anilines is 1. The summed E-state index contributed by atoms with van der Waals surface area (Å²) in [6.07, 6.45) is 1.01. The third-order valence-electron chi connectivity index (χ3n) is 5.22. The quantitative estimate of drug-likeness (QED) is 0.561. The monoisotopic (exact) mass is 477 g/mol. The van der Waals surface area contributed by atoms with Crippen molar-refractivity contribution in [3.63, 3.8) is 0 Å². The van der Waals surface area contributed by atoms with E-state index < -0.39 is 28.5 Å². The van der Waals surface area contributed by atoms with Crippen LogP contribution >= 0.6 is 0 Å². The van der Waals surface area contributed by atoms with Crippen molar-refractivity contribution >= 4 is 27.5 Å². The molecule has 0 radical (unpaired) electrons. The molecule has 2 rings (SSSR count). The van der Waals surface area contributed by atoms with Gasteiger partial charge in [0.05, 0.1) is 26.2 Å². The minimum atomic E-state index is -3.88. The number of hydrogen-bond donors (Lipinski definition) is 1. The van der Waals surface area contributed by atoms with Crippen molar-refractivity contribution in [1.82, 2.24) is 10.2 Å².